The number of ether oxygens (including phenoxy) is 2. The molecule has 0 unspecified atom stereocenters. The van der Waals surface area contributed by atoms with Crippen LogP contribution in [0.1, 0.15) is 19.8 Å². The standard InChI is InChI=1S/C8H12O4.C4H2O3/c1-2-3-6-12-8(11)5-4-7(9)10;5-3-1-2-4(6)7-3/h4-5H,2-3,6H2,1H3,(H,9,10);1-2H. The predicted molar refractivity (Wildman–Crippen MR) is 62.9 cm³/mol. The molecule has 7 nitrogen and oxygen atoms in total. The van der Waals surface area contributed by atoms with Crippen molar-refractivity contribution in [3.05, 3.63) is 24.3 Å². The van der Waals surface area contributed by atoms with Crippen molar-refractivity contribution in [2.24, 2.45) is 0 Å². The largest absolute Gasteiger partial charge is 0.478 e. The third-order valence-electron chi connectivity index (χ3n) is 1.66. The number of hydrogen-bond donors (Lipinski definition) is 1. The lowest BCUT2D eigenvalue weighted by molar-refractivity contribution is -0.150. The number of carbonyl (C=O) groups excluding carboxylic acids is 3. The van der Waals surface area contributed by atoms with Crippen molar-refractivity contribution in [3.63, 3.8) is 0 Å². The molecule has 0 saturated heterocycles. The molecule has 1 aliphatic rings. The van der Waals surface area contributed by atoms with Crippen molar-refractivity contribution in [3.8, 4) is 0 Å². The summed E-state index contributed by atoms with van der Waals surface area (Å²) in [5, 5.41) is 8.14. The fourth-order valence-corrected chi connectivity index (χ4v) is 0.808. The van der Waals surface area contributed by atoms with Crippen LogP contribution in [0.4, 0.5) is 0 Å². The van der Waals surface area contributed by atoms with Crippen LogP contribution in [0.3, 0.4) is 0 Å². The monoisotopic (exact) mass is 270 g/mol. The molecule has 0 amide bonds. The molecule has 1 aliphatic heterocycles. The van der Waals surface area contributed by atoms with Crippen molar-refractivity contribution < 1.29 is 33.8 Å². The van der Waals surface area contributed by atoms with E-state index in [1.54, 1.807) is 0 Å². The van der Waals surface area contributed by atoms with Gasteiger partial charge in [0.1, 0.15) is 0 Å². The highest BCUT2D eigenvalue weighted by Gasteiger charge is 2.10. The minimum Gasteiger partial charge on any atom is -0.478 e. The zero-order valence-electron chi connectivity index (χ0n) is 10.3. The van der Waals surface area contributed by atoms with E-state index in [9.17, 15) is 19.2 Å². The molecule has 19 heavy (non-hydrogen) atoms. The number of cyclic esters (lactones) is 2. The Kier molecular flexibility index (Phi) is 8.35. The molecule has 0 aromatic rings. The van der Waals surface area contributed by atoms with Crippen molar-refractivity contribution in [1.29, 1.82) is 0 Å². The Morgan fingerprint density at radius 2 is 1.84 bits per heavy atom. The fourth-order valence-electron chi connectivity index (χ4n) is 0.808. The summed E-state index contributed by atoms with van der Waals surface area (Å²) in [5.41, 5.74) is 0. The molecule has 0 fully saturated rings. The molecular weight excluding hydrogens is 256 g/mol. The lowest BCUT2D eigenvalue weighted by Crippen LogP contribution is -2.02. The van der Waals surface area contributed by atoms with E-state index >= 15 is 0 Å². The average molecular weight is 270 g/mol. The van der Waals surface area contributed by atoms with Crippen molar-refractivity contribution in [1.82, 2.24) is 0 Å². The van der Waals surface area contributed by atoms with E-state index in [4.69, 9.17) is 5.11 Å². The Morgan fingerprint density at radius 1 is 1.26 bits per heavy atom. The normalized spacial score (nSPS) is 12.9. The van der Waals surface area contributed by atoms with E-state index in [2.05, 4.69) is 9.47 Å². The van der Waals surface area contributed by atoms with Crippen LogP contribution in [-0.2, 0) is 28.7 Å². The summed E-state index contributed by atoms with van der Waals surface area (Å²) in [6.07, 6.45) is 5.57. The SMILES string of the molecule is CCCCOC(=O)C=CC(=O)O.O=C1C=CC(=O)O1. The second kappa shape index (κ2) is 9.58. The maximum absolute atomic E-state index is 10.6. The first kappa shape index (κ1) is 16.6. The van der Waals surface area contributed by atoms with E-state index in [-0.39, 0.29) is 0 Å². The number of carboxylic acids is 1. The summed E-state index contributed by atoms with van der Waals surface area (Å²) in [6, 6.07) is 0. The number of carboxylic acid groups (broad SMARTS) is 1. The number of unbranched alkanes of at least 4 members (excludes halogenated alkanes) is 1. The van der Waals surface area contributed by atoms with Gasteiger partial charge in [-0.05, 0) is 6.42 Å². The minimum absolute atomic E-state index is 0.347. The summed E-state index contributed by atoms with van der Waals surface area (Å²) in [4.78, 5) is 40.4. The topological polar surface area (TPSA) is 107 Å². The van der Waals surface area contributed by atoms with Crippen LogP contribution in [0.2, 0.25) is 0 Å². The molecule has 0 aromatic carbocycles. The molecule has 7 heteroatoms. The Bertz CT molecular complexity index is 390. The summed E-state index contributed by atoms with van der Waals surface area (Å²) in [5.74, 6) is -2.91. The average Bonchev–Trinajstić information content (AvgIpc) is 2.72. The van der Waals surface area contributed by atoms with Gasteiger partial charge in [0.25, 0.3) is 0 Å². The van der Waals surface area contributed by atoms with Gasteiger partial charge >= 0.3 is 23.9 Å². The summed E-state index contributed by atoms with van der Waals surface area (Å²) < 4.78 is 8.62. The van der Waals surface area contributed by atoms with Crippen LogP contribution < -0.4 is 0 Å². The fraction of sp³-hybridized carbons (Fsp3) is 0.333. The van der Waals surface area contributed by atoms with Crippen LogP contribution in [-0.4, -0.2) is 35.6 Å². The van der Waals surface area contributed by atoms with Gasteiger partial charge in [-0.2, -0.15) is 0 Å². The molecule has 1 rings (SSSR count). The molecule has 0 radical (unpaired) electrons. The number of aliphatic carboxylic acids is 1. The lowest BCUT2D eigenvalue weighted by atomic mass is 10.4. The second-order valence-corrected chi connectivity index (χ2v) is 3.27. The third kappa shape index (κ3) is 10.4. The molecule has 0 spiro atoms. The van der Waals surface area contributed by atoms with Crippen LogP contribution >= 0.6 is 0 Å². The quantitative estimate of drug-likeness (QED) is 0.337. The smallest absolute Gasteiger partial charge is 0.338 e. The highest BCUT2D eigenvalue weighted by atomic mass is 16.6. The first-order valence-corrected chi connectivity index (χ1v) is 5.47. The van der Waals surface area contributed by atoms with E-state index in [1.165, 1.54) is 0 Å². The maximum atomic E-state index is 10.6. The van der Waals surface area contributed by atoms with Gasteiger partial charge in [-0.15, -0.1) is 0 Å². The molecule has 1 N–H and O–H groups in total. The molecule has 104 valence electrons. The molecule has 1 heterocycles. The van der Waals surface area contributed by atoms with Gasteiger partial charge in [-0.1, -0.05) is 13.3 Å². The minimum atomic E-state index is -1.15. The first-order valence-electron chi connectivity index (χ1n) is 5.47. The van der Waals surface area contributed by atoms with Crippen molar-refractivity contribution >= 4 is 23.9 Å². The van der Waals surface area contributed by atoms with Crippen LogP contribution in [0, 0.1) is 0 Å². The van der Waals surface area contributed by atoms with Gasteiger partial charge < -0.3 is 14.6 Å². The molecule has 0 atom stereocenters. The van der Waals surface area contributed by atoms with Crippen LogP contribution in [0.5, 0.6) is 0 Å². The summed E-state index contributed by atoms with van der Waals surface area (Å²) in [7, 11) is 0. The predicted octanol–water partition coefficient (Wildman–Crippen LogP) is 0.597. The first-order chi connectivity index (χ1) is 8.95. The molecule has 0 bridgehead atoms. The maximum Gasteiger partial charge on any atom is 0.338 e. The van der Waals surface area contributed by atoms with E-state index in [1.807, 2.05) is 6.92 Å². The molecule has 0 aromatic heterocycles. The molecule has 0 saturated carbocycles. The van der Waals surface area contributed by atoms with Gasteiger partial charge in [-0.3, -0.25) is 0 Å². The Labute approximate surface area is 109 Å². The lowest BCUT2D eigenvalue weighted by Gasteiger charge is -1.97. The third-order valence-corrected chi connectivity index (χ3v) is 1.66. The van der Waals surface area contributed by atoms with Crippen molar-refractivity contribution in [2.45, 2.75) is 19.8 Å². The van der Waals surface area contributed by atoms with Gasteiger partial charge in [0.15, 0.2) is 0 Å². The highest BCUT2D eigenvalue weighted by molar-refractivity contribution is 6.04. The van der Waals surface area contributed by atoms with E-state index in [0.717, 1.165) is 37.1 Å². The van der Waals surface area contributed by atoms with Crippen LogP contribution in [0.25, 0.3) is 0 Å². The second-order valence-electron chi connectivity index (χ2n) is 3.27. The van der Waals surface area contributed by atoms with E-state index < -0.39 is 23.9 Å². The number of esters is 3. The van der Waals surface area contributed by atoms with Gasteiger partial charge in [-0.25, -0.2) is 19.2 Å². The molecule has 0 aliphatic carbocycles. The number of rotatable bonds is 5. The molecular formula is C12H14O7. The van der Waals surface area contributed by atoms with Gasteiger partial charge in [0.2, 0.25) is 0 Å². The number of hydrogen-bond acceptors (Lipinski definition) is 6. The zero-order valence-corrected chi connectivity index (χ0v) is 10.3. The Balaban J connectivity index is 0.000000388. The Hall–Kier alpha value is -2.44. The Morgan fingerprint density at radius 3 is 2.21 bits per heavy atom. The number of carbonyl (C=O) groups is 4. The van der Waals surface area contributed by atoms with Crippen LogP contribution in [0.15, 0.2) is 24.3 Å². The van der Waals surface area contributed by atoms with Gasteiger partial charge in [0.05, 0.1) is 6.61 Å². The van der Waals surface area contributed by atoms with Gasteiger partial charge in [0, 0.05) is 24.3 Å². The summed E-state index contributed by atoms with van der Waals surface area (Å²) in [6.45, 7) is 2.32. The zero-order chi connectivity index (χ0) is 14.7. The van der Waals surface area contributed by atoms with E-state index in [0.29, 0.717) is 6.61 Å². The highest BCUT2D eigenvalue weighted by Crippen LogP contribution is 1.92. The summed E-state index contributed by atoms with van der Waals surface area (Å²) >= 11 is 0. The van der Waals surface area contributed by atoms with Crippen molar-refractivity contribution in [2.75, 3.05) is 6.61 Å².